The van der Waals surface area contributed by atoms with Crippen LogP contribution in [0.15, 0.2) is 41.5 Å². The lowest BCUT2D eigenvalue weighted by molar-refractivity contribution is -0.302. The van der Waals surface area contributed by atoms with E-state index in [2.05, 4.69) is 5.10 Å². The maximum atomic E-state index is 13.7. The maximum Gasteiger partial charge on any atom is 0.438 e. The van der Waals surface area contributed by atoms with Crippen molar-refractivity contribution >= 4 is 11.6 Å². The Kier molecular flexibility index (Phi) is 6.00. The first-order valence-electron chi connectivity index (χ1n) is 9.51. The first kappa shape index (κ1) is 22.6. The second-order valence-corrected chi connectivity index (χ2v) is 7.49. The van der Waals surface area contributed by atoms with Crippen molar-refractivity contribution in [2.24, 2.45) is 5.10 Å². The van der Waals surface area contributed by atoms with Gasteiger partial charge in [-0.05, 0) is 61.7 Å². The monoisotopic (exact) mass is 436 g/mol. The second-order valence-electron chi connectivity index (χ2n) is 7.49. The van der Waals surface area contributed by atoms with Crippen LogP contribution in [0.4, 0.5) is 13.2 Å². The molecule has 31 heavy (non-hydrogen) atoms. The molecule has 9 heteroatoms. The molecule has 0 saturated heterocycles. The third-order valence-electron chi connectivity index (χ3n) is 5.04. The smallest absolute Gasteiger partial charge is 0.438 e. The lowest BCUT2D eigenvalue weighted by Gasteiger charge is -2.32. The van der Waals surface area contributed by atoms with Crippen molar-refractivity contribution in [2.45, 2.75) is 39.1 Å². The molecular weight excluding hydrogens is 413 g/mol. The van der Waals surface area contributed by atoms with Gasteiger partial charge in [0.25, 0.3) is 11.6 Å². The Hall–Kier alpha value is -3.07. The highest BCUT2D eigenvalue weighted by atomic mass is 19.4. The molecule has 1 aliphatic rings. The summed E-state index contributed by atoms with van der Waals surface area (Å²) < 4.78 is 51.7. The molecule has 6 nitrogen and oxygen atoms in total. The number of carbonyl (C=O) groups excluding carboxylic acids is 1. The SMILES string of the molecule is COc1ccc(C2=NN(C(=O)COc3c(C)cc(C)cc3C)C(O)(C(F)(F)F)C2)cc1. The van der Waals surface area contributed by atoms with Crippen molar-refractivity contribution in [3.63, 3.8) is 0 Å². The molecule has 1 aliphatic heterocycles. The van der Waals surface area contributed by atoms with Crippen LogP contribution in [0.2, 0.25) is 0 Å². The number of aryl methyl sites for hydroxylation is 3. The predicted molar refractivity (Wildman–Crippen MR) is 108 cm³/mol. The molecule has 1 N–H and O–H groups in total. The average molecular weight is 436 g/mol. The number of hydrogen-bond acceptors (Lipinski definition) is 5. The Morgan fingerprint density at radius 3 is 2.26 bits per heavy atom. The van der Waals surface area contributed by atoms with Crippen molar-refractivity contribution in [1.29, 1.82) is 0 Å². The number of carbonyl (C=O) groups is 1. The highest BCUT2D eigenvalue weighted by molar-refractivity contribution is 6.03. The molecule has 1 atom stereocenters. The zero-order valence-electron chi connectivity index (χ0n) is 17.6. The zero-order valence-corrected chi connectivity index (χ0v) is 17.6. The topological polar surface area (TPSA) is 71.4 Å². The Bertz CT molecular complexity index is 995. The van der Waals surface area contributed by atoms with E-state index in [0.29, 0.717) is 17.1 Å². The Morgan fingerprint density at radius 2 is 1.74 bits per heavy atom. The lowest BCUT2D eigenvalue weighted by atomic mass is 10.0. The summed E-state index contributed by atoms with van der Waals surface area (Å²) in [5.74, 6) is -0.186. The molecule has 2 aromatic carbocycles. The molecule has 0 aliphatic carbocycles. The Labute approximate surface area is 177 Å². The first-order chi connectivity index (χ1) is 14.5. The molecule has 166 valence electrons. The summed E-state index contributed by atoms with van der Waals surface area (Å²) in [4.78, 5) is 12.7. The summed E-state index contributed by atoms with van der Waals surface area (Å²) in [6.45, 7) is 4.75. The largest absolute Gasteiger partial charge is 0.497 e. The molecule has 0 bridgehead atoms. The second kappa shape index (κ2) is 8.22. The molecule has 0 saturated carbocycles. The van der Waals surface area contributed by atoms with E-state index in [1.165, 1.54) is 19.2 Å². The van der Waals surface area contributed by atoms with Crippen LogP contribution >= 0.6 is 0 Å². The molecule has 0 fully saturated rings. The number of ether oxygens (including phenoxy) is 2. The van der Waals surface area contributed by atoms with Crippen LogP contribution in [-0.4, -0.2) is 47.4 Å². The van der Waals surface area contributed by atoms with Crippen molar-refractivity contribution in [1.82, 2.24) is 5.01 Å². The van der Waals surface area contributed by atoms with E-state index >= 15 is 0 Å². The van der Waals surface area contributed by atoms with Gasteiger partial charge in [-0.3, -0.25) is 4.79 Å². The summed E-state index contributed by atoms with van der Waals surface area (Å²) >= 11 is 0. The van der Waals surface area contributed by atoms with Gasteiger partial charge in [0, 0.05) is 0 Å². The van der Waals surface area contributed by atoms with Crippen LogP contribution in [0, 0.1) is 20.8 Å². The van der Waals surface area contributed by atoms with Gasteiger partial charge in [0.15, 0.2) is 6.61 Å². The van der Waals surface area contributed by atoms with Crippen LogP contribution in [0.3, 0.4) is 0 Å². The van der Waals surface area contributed by atoms with E-state index in [-0.39, 0.29) is 10.7 Å². The van der Waals surface area contributed by atoms with Gasteiger partial charge in [-0.2, -0.15) is 23.3 Å². The number of methoxy groups -OCH3 is 1. The number of benzene rings is 2. The third-order valence-corrected chi connectivity index (χ3v) is 5.04. The minimum absolute atomic E-state index is 0.0708. The van der Waals surface area contributed by atoms with E-state index in [1.807, 2.05) is 19.1 Å². The fourth-order valence-electron chi connectivity index (χ4n) is 3.56. The van der Waals surface area contributed by atoms with E-state index < -0.39 is 30.8 Å². The molecule has 0 aromatic heterocycles. The molecule has 0 radical (unpaired) electrons. The summed E-state index contributed by atoms with van der Waals surface area (Å²) in [5, 5.41) is 14.3. The van der Waals surface area contributed by atoms with Crippen LogP contribution in [-0.2, 0) is 4.79 Å². The van der Waals surface area contributed by atoms with Crippen molar-refractivity contribution in [3.8, 4) is 11.5 Å². The minimum Gasteiger partial charge on any atom is -0.497 e. The van der Waals surface area contributed by atoms with Gasteiger partial charge in [0.2, 0.25) is 0 Å². The number of alkyl halides is 3. The number of hydrogen-bond donors (Lipinski definition) is 1. The van der Waals surface area contributed by atoms with Gasteiger partial charge >= 0.3 is 6.18 Å². The number of aliphatic hydroxyl groups is 1. The molecule has 2 aromatic rings. The van der Waals surface area contributed by atoms with Gasteiger partial charge in [0.05, 0.1) is 19.2 Å². The summed E-state index contributed by atoms with van der Waals surface area (Å²) in [5.41, 5.74) is -0.697. The van der Waals surface area contributed by atoms with Gasteiger partial charge in [-0.1, -0.05) is 17.7 Å². The van der Waals surface area contributed by atoms with Gasteiger partial charge in [0.1, 0.15) is 11.5 Å². The number of hydrazone groups is 1. The van der Waals surface area contributed by atoms with Crippen LogP contribution < -0.4 is 9.47 Å². The van der Waals surface area contributed by atoms with Crippen LogP contribution in [0.5, 0.6) is 11.5 Å². The lowest BCUT2D eigenvalue weighted by Crippen LogP contribution is -2.57. The van der Waals surface area contributed by atoms with E-state index in [9.17, 15) is 23.1 Å². The van der Waals surface area contributed by atoms with E-state index in [0.717, 1.165) is 16.7 Å². The quantitative estimate of drug-likeness (QED) is 0.772. The van der Waals surface area contributed by atoms with Gasteiger partial charge in [-0.15, -0.1) is 0 Å². The standard InChI is InChI=1S/C22H23F3N2O4/c1-13-9-14(2)20(15(3)10-13)31-12-19(28)27-21(29,22(23,24)25)11-18(26-27)16-5-7-17(30-4)8-6-16/h5-10,29H,11-12H2,1-4H3. The fourth-order valence-corrected chi connectivity index (χ4v) is 3.56. The predicted octanol–water partition coefficient (Wildman–Crippen LogP) is 3.89. The Balaban J connectivity index is 1.87. The van der Waals surface area contributed by atoms with Crippen LogP contribution in [0.25, 0.3) is 0 Å². The molecule has 1 unspecified atom stereocenters. The van der Waals surface area contributed by atoms with Crippen LogP contribution in [0.1, 0.15) is 28.7 Å². The summed E-state index contributed by atoms with van der Waals surface area (Å²) in [6, 6.07) is 9.82. The zero-order chi connectivity index (χ0) is 23.0. The minimum atomic E-state index is -5.12. The van der Waals surface area contributed by atoms with Crippen molar-refractivity contribution in [3.05, 3.63) is 58.7 Å². The normalized spacial score (nSPS) is 18.7. The van der Waals surface area contributed by atoms with E-state index in [1.54, 1.807) is 26.0 Å². The molecule has 3 rings (SSSR count). The van der Waals surface area contributed by atoms with Crippen molar-refractivity contribution in [2.75, 3.05) is 13.7 Å². The number of rotatable bonds is 5. The Morgan fingerprint density at radius 1 is 1.16 bits per heavy atom. The number of halogens is 3. The first-order valence-corrected chi connectivity index (χ1v) is 9.51. The van der Waals surface area contributed by atoms with Gasteiger partial charge in [-0.25, -0.2) is 0 Å². The summed E-state index contributed by atoms with van der Waals surface area (Å²) in [7, 11) is 1.46. The third kappa shape index (κ3) is 4.36. The highest BCUT2D eigenvalue weighted by Crippen LogP contribution is 2.41. The maximum absolute atomic E-state index is 13.7. The average Bonchev–Trinajstić information content (AvgIpc) is 3.06. The molecular formula is C22H23F3N2O4. The van der Waals surface area contributed by atoms with Gasteiger partial charge < -0.3 is 14.6 Å². The number of nitrogens with zero attached hydrogens (tertiary/aromatic N) is 2. The molecule has 1 heterocycles. The molecule has 0 spiro atoms. The van der Waals surface area contributed by atoms with E-state index in [4.69, 9.17) is 9.47 Å². The summed E-state index contributed by atoms with van der Waals surface area (Å²) in [6.07, 6.45) is -6.01. The fraction of sp³-hybridized carbons (Fsp3) is 0.364. The molecule has 1 amide bonds. The van der Waals surface area contributed by atoms with Crippen molar-refractivity contribution < 1.29 is 32.5 Å². The highest BCUT2D eigenvalue weighted by Gasteiger charge is 2.63. The number of amides is 1.